The van der Waals surface area contributed by atoms with Crippen LogP contribution in [0.15, 0.2) is 12.1 Å². The van der Waals surface area contributed by atoms with Gasteiger partial charge in [-0.3, -0.25) is 0 Å². The molecule has 0 aliphatic heterocycles. The molecule has 0 atom stereocenters. The van der Waals surface area contributed by atoms with Crippen molar-refractivity contribution in [2.75, 3.05) is 0 Å². The van der Waals surface area contributed by atoms with Gasteiger partial charge in [0.2, 0.25) is 0 Å². The molecular formula is C12H13F2N5. The van der Waals surface area contributed by atoms with Crippen LogP contribution < -0.4 is 5.32 Å². The van der Waals surface area contributed by atoms with Crippen LogP contribution in [0.5, 0.6) is 0 Å². The monoisotopic (exact) mass is 265 g/mol. The molecule has 0 unspecified atom stereocenters. The van der Waals surface area contributed by atoms with Crippen LogP contribution in [-0.4, -0.2) is 26.2 Å². The van der Waals surface area contributed by atoms with Crippen LogP contribution >= 0.6 is 0 Å². The molecule has 3 rings (SSSR count). The standard InChI is InChI=1S/C12H13F2N5/c1-7-2-5-9(13)12(11(7)14)19-10(16-17-18-19)6-15-8-3-4-8/h2,5,8,15H,3-4,6H2,1H3. The van der Waals surface area contributed by atoms with E-state index in [-0.39, 0.29) is 5.69 Å². The molecular weight excluding hydrogens is 252 g/mol. The van der Waals surface area contributed by atoms with E-state index in [0.717, 1.165) is 17.5 Å². The number of hydrogen-bond donors (Lipinski definition) is 1. The lowest BCUT2D eigenvalue weighted by atomic mass is 10.2. The molecule has 100 valence electrons. The minimum absolute atomic E-state index is 0.224. The Kier molecular flexibility index (Phi) is 2.98. The Morgan fingerprint density at radius 1 is 1.37 bits per heavy atom. The largest absolute Gasteiger partial charge is 0.307 e. The first-order valence-corrected chi connectivity index (χ1v) is 6.12. The molecule has 1 aliphatic carbocycles. The van der Waals surface area contributed by atoms with Crippen LogP contribution in [0.3, 0.4) is 0 Å². The maximum absolute atomic E-state index is 14.0. The average molecular weight is 265 g/mol. The zero-order valence-corrected chi connectivity index (χ0v) is 10.4. The fourth-order valence-corrected chi connectivity index (χ4v) is 1.85. The lowest BCUT2D eigenvalue weighted by Gasteiger charge is -2.09. The third-order valence-electron chi connectivity index (χ3n) is 3.13. The minimum Gasteiger partial charge on any atom is -0.307 e. The Balaban J connectivity index is 1.97. The van der Waals surface area contributed by atoms with Crippen molar-refractivity contribution in [3.63, 3.8) is 0 Å². The van der Waals surface area contributed by atoms with Crippen molar-refractivity contribution in [3.05, 3.63) is 35.2 Å². The van der Waals surface area contributed by atoms with E-state index in [9.17, 15) is 8.78 Å². The first-order valence-electron chi connectivity index (χ1n) is 6.12. The molecule has 0 saturated heterocycles. The zero-order valence-electron chi connectivity index (χ0n) is 10.4. The first-order chi connectivity index (χ1) is 9.16. The Labute approximate surface area is 108 Å². The fraction of sp³-hybridized carbons (Fsp3) is 0.417. The normalized spacial score (nSPS) is 14.9. The van der Waals surface area contributed by atoms with Gasteiger partial charge in [0.1, 0.15) is 5.69 Å². The maximum atomic E-state index is 14.0. The van der Waals surface area contributed by atoms with E-state index in [1.807, 2.05) is 0 Å². The molecule has 1 aliphatic rings. The van der Waals surface area contributed by atoms with Gasteiger partial charge in [0.25, 0.3) is 0 Å². The second-order valence-corrected chi connectivity index (χ2v) is 4.69. The van der Waals surface area contributed by atoms with Crippen molar-refractivity contribution < 1.29 is 8.78 Å². The quantitative estimate of drug-likeness (QED) is 0.910. The highest BCUT2D eigenvalue weighted by Gasteiger charge is 2.23. The number of nitrogens with zero attached hydrogens (tertiary/aromatic N) is 4. The average Bonchev–Trinajstić information content (AvgIpc) is 3.12. The van der Waals surface area contributed by atoms with Crippen molar-refractivity contribution in [1.82, 2.24) is 25.5 Å². The number of hydrogen-bond acceptors (Lipinski definition) is 4. The molecule has 1 saturated carbocycles. The van der Waals surface area contributed by atoms with E-state index in [4.69, 9.17) is 0 Å². The van der Waals surface area contributed by atoms with Gasteiger partial charge in [-0.2, -0.15) is 4.68 Å². The lowest BCUT2D eigenvalue weighted by Crippen LogP contribution is -2.19. The smallest absolute Gasteiger partial charge is 0.170 e. The predicted molar refractivity (Wildman–Crippen MR) is 63.7 cm³/mol. The predicted octanol–water partition coefficient (Wildman–Crippen LogP) is 1.50. The third-order valence-corrected chi connectivity index (χ3v) is 3.13. The second-order valence-electron chi connectivity index (χ2n) is 4.69. The summed E-state index contributed by atoms with van der Waals surface area (Å²) in [5.74, 6) is -0.918. The molecule has 0 amide bonds. The number of aryl methyl sites for hydroxylation is 1. The van der Waals surface area contributed by atoms with Crippen LogP contribution in [0.2, 0.25) is 0 Å². The van der Waals surface area contributed by atoms with Crippen molar-refractivity contribution in [3.8, 4) is 5.69 Å². The number of nitrogens with one attached hydrogen (secondary N) is 1. The van der Waals surface area contributed by atoms with Crippen LogP contribution in [-0.2, 0) is 6.54 Å². The summed E-state index contributed by atoms with van der Waals surface area (Å²) >= 11 is 0. The van der Waals surface area contributed by atoms with Crippen molar-refractivity contribution in [2.45, 2.75) is 32.4 Å². The van der Waals surface area contributed by atoms with Gasteiger partial charge >= 0.3 is 0 Å². The maximum Gasteiger partial charge on any atom is 0.170 e. The molecule has 5 nitrogen and oxygen atoms in total. The molecule has 1 aromatic heterocycles. The lowest BCUT2D eigenvalue weighted by molar-refractivity contribution is 0.541. The summed E-state index contributed by atoms with van der Waals surface area (Å²) in [6.07, 6.45) is 2.24. The Morgan fingerprint density at radius 2 is 2.16 bits per heavy atom. The van der Waals surface area contributed by atoms with Crippen LogP contribution in [0.1, 0.15) is 24.2 Å². The number of aromatic nitrogens is 4. The second kappa shape index (κ2) is 4.65. The topological polar surface area (TPSA) is 55.6 Å². The van der Waals surface area contributed by atoms with Gasteiger partial charge in [-0.05, 0) is 41.8 Å². The van der Waals surface area contributed by atoms with Gasteiger partial charge in [-0.1, -0.05) is 6.07 Å². The van der Waals surface area contributed by atoms with Crippen LogP contribution in [0.25, 0.3) is 5.69 Å². The number of halogens is 2. The zero-order chi connectivity index (χ0) is 13.4. The number of rotatable bonds is 4. The third kappa shape index (κ3) is 2.33. The summed E-state index contributed by atoms with van der Waals surface area (Å²) in [6, 6.07) is 3.08. The molecule has 1 aromatic carbocycles. The Bertz CT molecular complexity index is 606. The molecule has 1 fully saturated rings. The van der Waals surface area contributed by atoms with Gasteiger partial charge in [-0.25, -0.2) is 8.78 Å². The highest BCUT2D eigenvalue weighted by atomic mass is 19.1. The van der Waals surface area contributed by atoms with E-state index in [1.54, 1.807) is 6.92 Å². The molecule has 2 aromatic rings. The Morgan fingerprint density at radius 3 is 2.89 bits per heavy atom. The fourth-order valence-electron chi connectivity index (χ4n) is 1.85. The molecule has 0 radical (unpaired) electrons. The van der Waals surface area contributed by atoms with Gasteiger partial charge in [0, 0.05) is 6.04 Å². The van der Waals surface area contributed by atoms with E-state index in [0.29, 0.717) is 24.0 Å². The van der Waals surface area contributed by atoms with Gasteiger partial charge in [0.15, 0.2) is 17.5 Å². The summed E-state index contributed by atoms with van der Waals surface area (Å²) in [5.41, 5.74) is 0.130. The van der Waals surface area contributed by atoms with Crippen molar-refractivity contribution in [2.24, 2.45) is 0 Å². The van der Waals surface area contributed by atoms with E-state index < -0.39 is 11.6 Å². The molecule has 1 heterocycles. The van der Waals surface area contributed by atoms with Gasteiger partial charge in [-0.15, -0.1) is 5.10 Å². The van der Waals surface area contributed by atoms with E-state index in [1.165, 1.54) is 12.1 Å². The summed E-state index contributed by atoms with van der Waals surface area (Å²) in [7, 11) is 0. The molecule has 7 heteroatoms. The molecule has 1 N–H and O–H groups in total. The van der Waals surface area contributed by atoms with Crippen molar-refractivity contribution >= 4 is 0 Å². The van der Waals surface area contributed by atoms with Gasteiger partial charge in [0.05, 0.1) is 6.54 Å². The van der Waals surface area contributed by atoms with Crippen LogP contribution in [0, 0.1) is 18.6 Å². The molecule has 0 bridgehead atoms. The van der Waals surface area contributed by atoms with Crippen LogP contribution in [0.4, 0.5) is 8.78 Å². The van der Waals surface area contributed by atoms with Crippen molar-refractivity contribution in [1.29, 1.82) is 0 Å². The highest BCUT2D eigenvalue weighted by Crippen LogP contribution is 2.22. The van der Waals surface area contributed by atoms with E-state index >= 15 is 0 Å². The number of tetrazole rings is 1. The number of benzene rings is 1. The summed E-state index contributed by atoms with van der Waals surface area (Å²) in [5, 5.41) is 14.2. The Hall–Kier alpha value is -1.89. The van der Waals surface area contributed by atoms with E-state index in [2.05, 4.69) is 20.8 Å². The summed E-state index contributed by atoms with van der Waals surface area (Å²) < 4.78 is 29.0. The summed E-state index contributed by atoms with van der Waals surface area (Å²) in [4.78, 5) is 0. The highest BCUT2D eigenvalue weighted by molar-refractivity contribution is 5.38. The molecule has 19 heavy (non-hydrogen) atoms. The SMILES string of the molecule is Cc1ccc(F)c(-n2nnnc2CNC2CC2)c1F. The minimum atomic E-state index is -0.678. The van der Waals surface area contributed by atoms with Gasteiger partial charge < -0.3 is 5.32 Å². The first kappa shape index (κ1) is 12.2. The summed E-state index contributed by atoms with van der Waals surface area (Å²) in [6.45, 7) is 1.97. The molecule has 0 spiro atoms.